The number of pyridine rings is 1. The van der Waals surface area contributed by atoms with Crippen LogP contribution in [0.4, 0.5) is 18.9 Å². The highest BCUT2D eigenvalue weighted by molar-refractivity contribution is 6.33. The summed E-state index contributed by atoms with van der Waals surface area (Å²) in [4.78, 5) is 17.2. The van der Waals surface area contributed by atoms with Crippen LogP contribution >= 0.6 is 11.6 Å². The fourth-order valence-corrected chi connectivity index (χ4v) is 4.75. The van der Waals surface area contributed by atoms with Crippen LogP contribution < -0.4 is 10.6 Å². The Bertz CT molecular complexity index is 1200. The number of rotatable bonds is 5. The van der Waals surface area contributed by atoms with Crippen molar-refractivity contribution in [3.05, 3.63) is 69.9 Å². The zero-order valence-corrected chi connectivity index (χ0v) is 19.9. The monoisotopic (exact) mass is 489 g/mol. The number of carbonyl (C=O) groups is 1. The van der Waals surface area contributed by atoms with Gasteiger partial charge in [0.2, 0.25) is 0 Å². The number of halogens is 4. The first-order valence-electron chi connectivity index (χ1n) is 11.4. The molecule has 8 heteroatoms. The van der Waals surface area contributed by atoms with Crippen LogP contribution in [0.2, 0.25) is 5.02 Å². The van der Waals surface area contributed by atoms with Gasteiger partial charge in [-0.25, -0.2) is 0 Å². The molecular weight excluding hydrogens is 463 g/mol. The summed E-state index contributed by atoms with van der Waals surface area (Å²) >= 11 is 6.00. The highest BCUT2D eigenvalue weighted by Gasteiger charge is 2.32. The Morgan fingerprint density at radius 3 is 2.50 bits per heavy atom. The van der Waals surface area contributed by atoms with Crippen molar-refractivity contribution in [2.45, 2.75) is 51.7 Å². The van der Waals surface area contributed by atoms with E-state index in [1.165, 1.54) is 0 Å². The second kappa shape index (κ2) is 9.82. The smallest absolute Gasteiger partial charge is 0.384 e. The molecule has 1 aliphatic rings. The minimum absolute atomic E-state index is 0.0125. The lowest BCUT2D eigenvalue weighted by Crippen LogP contribution is -2.38. The third-order valence-corrected chi connectivity index (χ3v) is 6.84. The lowest BCUT2D eigenvalue weighted by atomic mass is 9.85. The first kappa shape index (κ1) is 24.3. The first-order chi connectivity index (χ1) is 16.1. The van der Waals surface area contributed by atoms with Crippen LogP contribution in [0.1, 0.15) is 52.9 Å². The summed E-state index contributed by atoms with van der Waals surface area (Å²) in [7, 11) is 0. The van der Waals surface area contributed by atoms with Gasteiger partial charge in [-0.3, -0.25) is 9.78 Å². The molecule has 1 heterocycles. The molecule has 2 aromatic carbocycles. The number of aromatic nitrogens is 1. The summed E-state index contributed by atoms with van der Waals surface area (Å²) in [5.41, 5.74) is 3.18. The van der Waals surface area contributed by atoms with Gasteiger partial charge in [0.25, 0.3) is 5.91 Å². The third kappa shape index (κ3) is 5.46. The number of nitrogens with one attached hydrogen (secondary N) is 2. The zero-order chi connectivity index (χ0) is 24.5. The molecule has 0 aliphatic heterocycles. The summed E-state index contributed by atoms with van der Waals surface area (Å²) in [6.45, 7) is 4.87. The fourth-order valence-electron chi connectivity index (χ4n) is 4.55. The molecular formula is C26H27ClF3N3O. The van der Waals surface area contributed by atoms with Crippen LogP contribution in [0, 0.1) is 19.8 Å². The normalized spacial score (nSPS) is 18.6. The second-order valence-electron chi connectivity index (χ2n) is 9.04. The number of aryl methyl sites for hydroxylation is 2. The summed E-state index contributed by atoms with van der Waals surface area (Å²) in [5, 5.41) is 7.59. The van der Waals surface area contributed by atoms with Crippen LogP contribution in [-0.2, 0) is 6.18 Å². The number of amides is 1. The van der Waals surface area contributed by atoms with Crippen molar-refractivity contribution in [2.24, 2.45) is 5.92 Å². The van der Waals surface area contributed by atoms with E-state index in [0.717, 1.165) is 78.3 Å². The Balaban J connectivity index is 1.34. The van der Waals surface area contributed by atoms with E-state index in [1.54, 1.807) is 0 Å². The highest BCUT2D eigenvalue weighted by Crippen LogP contribution is 2.33. The van der Waals surface area contributed by atoms with Crippen molar-refractivity contribution < 1.29 is 18.0 Å². The molecule has 1 aromatic heterocycles. The van der Waals surface area contributed by atoms with Gasteiger partial charge in [-0.1, -0.05) is 17.7 Å². The van der Waals surface area contributed by atoms with Gasteiger partial charge >= 0.3 is 6.18 Å². The molecule has 0 bridgehead atoms. The molecule has 0 saturated heterocycles. The molecule has 0 atom stereocenters. The molecule has 0 radical (unpaired) electrons. The lowest BCUT2D eigenvalue weighted by molar-refractivity contribution is -0.137. The van der Waals surface area contributed by atoms with Crippen molar-refractivity contribution in [1.29, 1.82) is 0 Å². The maximum atomic E-state index is 13.0. The van der Waals surface area contributed by atoms with Gasteiger partial charge in [0.05, 0.1) is 21.7 Å². The topological polar surface area (TPSA) is 54.0 Å². The van der Waals surface area contributed by atoms with Crippen molar-refractivity contribution in [3.8, 4) is 0 Å². The standard InChI is InChI=1S/C26H27ClF3N3O/c1-15-3-12-23-20(10-4-16(2)32-23)24(15)31-14-17-5-8-19(9-6-17)33-25(34)21-13-18(26(28,29)30)7-11-22(21)27/h3-4,7,10-13,17,19,31H,5-6,8-9,14H2,1-2H3,(H,33,34)/t17-,19-. The average Bonchev–Trinajstić information content (AvgIpc) is 2.79. The molecule has 1 fully saturated rings. The van der Waals surface area contributed by atoms with Crippen LogP contribution in [0.5, 0.6) is 0 Å². The number of nitrogens with zero attached hydrogens (tertiary/aromatic N) is 1. The molecule has 0 spiro atoms. The van der Waals surface area contributed by atoms with E-state index in [-0.39, 0.29) is 16.6 Å². The van der Waals surface area contributed by atoms with Gasteiger partial charge in [-0.05, 0) is 87.4 Å². The van der Waals surface area contributed by atoms with Gasteiger partial charge in [-0.2, -0.15) is 13.2 Å². The molecule has 4 nitrogen and oxygen atoms in total. The van der Waals surface area contributed by atoms with Crippen LogP contribution in [0.3, 0.4) is 0 Å². The number of alkyl halides is 3. The molecule has 1 saturated carbocycles. The van der Waals surface area contributed by atoms with E-state index in [0.29, 0.717) is 5.92 Å². The fraction of sp³-hybridized carbons (Fsp3) is 0.385. The van der Waals surface area contributed by atoms with E-state index in [4.69, 9.17) is 11.6 Å². The predicted octanol–water partition coefficient (Wildman–Crippen LogP) is 6.92. The lowest BCUT2D eigenvalue weighted by Gasteiger charge is -2.30. The Morgan fingerprint density at radius 2 is 1.79 bits per heavy atom. The largest absolute Gasteiger partial charge is 0.416 e. The summed E-state index contributed by atoms with van der Waals surface area (Å²) in [6.07, 6.45) is -1.17. The number of anilines is 1. The Morgan fingerprint density at radius 1 is 1.06 bits per heavy atom. The van der Waals surface area contributed by atoms with Crippen LogP contribution in [0.25, 0.3) is 10.9 Å². The third-order valence-electron chi connectivity index (χ3n) is 6.51. The number of hydrogen-bond acceptors (Lipinski definition) is 3. The van der Waals surface area contributed by atoms with E-state index in [1.807, 2.05) is 19.1 Å². The summed E-state index contributed by atoms with van der Waals surface area (Å²) < 4.78 is 39.0. The molecule has 180 valence electrons. The van der Waals surface area contributed by atoms with Crippen LogP contribution in [0.15, 0.2) is 42.5 Å². The molecule has 34 heavy (non-hydrogen) atoms. The second-order valence-corrected chi connectivity index (χ2v) is 9.45. The summed E-state index contributed by atoms with van der Waals surface area (Å²) in [6, 6.07) is 10.9. The van der Waals surface area contributed by atoms with Gasteiger partial charge in [-0.15, -0.1) is 0 Å². The highest BCUT2D eigenvalue weighted by atomic mass is 35.5. The van der Waals surface area contributed by atoms with E-state index < -0.39 is 17.6 Å². The number of carbonyl (C=O) groups excluding carboxylic acids is 1. The van der Waals surface area contributed by atoms with E-state index in [2.05, 4.69) is 34.7 Å². The molecule has 1 amide bonds. The maximum Gasteiger partial charge on any atom is 0.416 e. The van der Waals surface area contributed by atoms with E-state index >= 15 is 0 Å². The molecule has 3 aromatic rings. The molecule has 2 N–H and O–H groups in total. The van der Waals surface area contributed by atoms with Gasteiger partial charge < -0.3 is 10.6 Å². The minimum Gasteiger partial charge on any atom is -0.384 e. The first-order valence-corrected chi connectivity index (χ1v) is 11.8. The molecule has 1 aliphatic carbocycles. The Labute approximate surface area is 201 Å². The van der Waals surface area contributed by atoms with Gasteiger partial charge in [0.1, 0.15) is 0 Å². The van der Waals surface area contributed by atoms with Crippen molar-refractivity contribution >= 4 is 34.1 Å². The Kier molecular flexibility index (Phi) is 7.03. The number of hydrogen-bond donors (Lipinski definition) is 2. The van der Waals surface area contributed by atoms with Gasteiger partial charge in [0, 0.05) is 29.4 Å². The minimum atomic E-state index is -4.53. The van der Waals surface area contributed by atoms with Crippen LogP contribution in [-0.4, -0.2) is 23.5 Å². The quantitative estimate of drug-likeness (QED) is 0.409. The van der Waals surface area contributed by atoms with Crippen molar-refractivity contribution in [2.75, 3.05) is 11.9 Å². The Hall–Kier alpha value is -2.80. The summed E-state index contributed by atoms with van der Waals surface area (Å²) in [5.74, 6) is -0.120. The van der Waals surface area contributed by atoms with Gasteiger partial charge in [0.15, 0.2) is 0 Å². The maximum absolute atomic E-state index is 13.0. The predicted molar refractivity (Wildman–Crippen MR) is 129 cm³/mol. The molecule has 0 unspecified atom stereocenters. The average molecular weight is 490 g/mol. The van der Waals surface area contributed by atoms with Crippen molar-refractivity contribution in [3.63, 3.8) is 0 Å². The zero-order valence-electron chi connectivity index (χ0n) is 19.1. The van der Waals surface area contributed by atoms with E-state index in [9.17, 15) is 18.0 Å². The molecule has 4 rings (SSSR count). The number of fused-ring (bicyclic) bond motifs is 1. The van der Waals surface area contributed by atoms with Crippen molar-refractivity contribution in [1.82, 2.24) is 10.3 Å². The number of benzene rings is 2. The SMILES string of the molecule is Cc1ccc2c(NC[C@H]3CC[C@H](NC(=O)c4cc(C(F)(F)F)ccc4Cl)CC3)c(C)ccc2n1.